The fourth-order valence-corrected chi connectivity index (χ4v) is 5.30. The smallest absolute Gasteiger partial charge is 0.274 e. The molecule has 0 spiro atoms. The summed E-state index contributed by atoms with van der Waals surface area (Å²) >= 11 is 0. The van der Waals surface area contributed by atoms with Gasteiger partial charge in [-0.1, -0.05) is 0 Å². The summed E-state index contributed by atoms with van der Waals surface area (Å²) in [5, 5.41) is 7.32. The van der Waals surface area contributed by atoms with Gasteiger partial charge in [0, 0.05) is 11.3 Å². The molecule has 4 rings (SSSR count). The van der Waals surface area contributed by atoms with Crippen LogP contribution < -0.4 is 5.32 Å². The molecule has 2 heterocycles. The van der Waals surface area contributed by atoms with Crippen molar-refractivity contribution in [2.75, 3.05) is 16.8 Å². The van der Waals surface area contributed by atoms with E-state index in [1.165, 1.54) is 24.3 Å². The number of hydrogen-bond acceptors (Lipinski definition) is 4. The Labute approximate surface area is 145 Å². The van der Waals surface area contributed by atoms with Gasteiger partial charge in [-0.05, 0) is 49.9 Å². The van der Waals surface area contributed by atoms with E-state index in [1.807, 2.05) is 0 Å². The predicted octanol–water partition coefficient (Wildman–Crippen LogP) is 2.12. The Kier molecular flexibility index (Phi) is 3.87. The molecule has 132 valence electrons. The molecule has 1 fully saturated rings. The van der Waals surface area contributed by atoms with Gasteiger partial charge in [-0.25, -0.2) is 12.8 Å². The fourth-order valence-electron chi connectivity index (χ4n) is 3.61. The molecule has 0 radical (unpaired) electrons. The minimum atomic E-state index is -3.08. The number of hydrogen-bond donors (Lipinski definition) is 1. The maximum Gasteiger partial charge on any atom is 0.274 e. The summed E-state index contributed by atoms with van der Waals surface area (Å²) in [6.45, 7) is 0. The van der Waals surface area contributed by atoms with Gasteiger partial charge in [0.2, 0.25) is 0 Å². The van der Waals surface area contributed by atoms with Crippen molar-refractivity contribution in [2.24, 2.45) is 0 Å². The minimum absolute atomic E-state index is 0.0182. The zero-order valence-electron chi connectivity index (χ0n) is 13.5. The largest absolute Gasteiger partial charge is 0.321 e. The first-order valence-electron chi connectivity index (χ1n) is 8.30. The van der Waals surface area contributed by atoms with E-state index < -0.39 is 9.84 Å². The number of aromatic nitrogens is 2. The summed E-state index contributed by atoms with van der Waals surface area (Å²) in [5.41, 5.74) is 2.72. The predicted molar refractivity (Wildman–Crippen MR) is 90.9 cm³/mol. The SMILES string of the molecule is O=C(Nc1ccc(F)cc1)c1c2c(nn1[C@H]1CCS(=O)(=O)C1)CCC2. The first-order valence-corrected chi connectivity index (χ1v) is 10.1. The topological polar surface area (TPSA) is 81.1 Å². The molecule has 0 saturated carbocycles. The number of nitrogens with zero attached hydrogens (tertiary/aromatic N) is 2. The molecule has 1 N–H and O–H groups in total. The second kappa shape index (κ2) is 5.94. The van der Waals surface area contributed by atoms with Crippen molar-refractivity contribution < 1.29 is 17.6 Å². The molecule has 1 aliphatic heterocycles. The maximum atomic E-state index is 13.0. The number of nitrogens with one attached hydrogen (secondary N) is 1. The van der Waals surface area contributed by atoms with Crippen LogP contribution in [0.25, 0.3) is 0 Å². The Morgan fingerprint density at radius 1 is 1.24 bits per heavy atom. The van der Waals surface area contributed by atoms with Gasteiger partial charge in [-0.2, -0.15) is 5.10 Å². The van der Waals surface area contributed by atoms with Gasteiger partial charge in [0.05, 0.1) is 23.2 Å². The van der Waals surface area contributed by atoms with E-state index in [9.17, 15) is 17.6 Å². The van der Waals surface area contributed by atoms with Gasteiger partial charge in [-0.15, -0.1) is 0 Å². The molecule has 1 aromatic carbocycles. The van der Waals surface area contributed by atoms with E-state index >= 15 is 0 Å². The Morgan fingerprint density at radius 2 is 2.00 bits per heavy atom. The molecule has 1 aromatic heterocycles. The van der Waals surface area contributed by atoms with Crippen molar-refractivity contribution in [3.63, 3.8) is 0 Å². The average Bonchev–Trinajstić information content (AvgIpc) is 3.22. The molecule has 2 aliphatic rings. The average molecular weight is 363 g/mol. The van der Waals surface area contributed by atoms with Crippen LogP contribution in [0.2, 0.25) is 0 Å². The molecule has 0 bridgehead atoms. The summed E-state index contributed by atoms with van der Waals surface area (Å²) in [6.07, 6.45) is 2.98. The highest BCUT2D eigenvalue weighted by molar-refractivity contribution is 7.91. The normalized spacial score (nSPS) is 21.2. The van der Waals surface area contributed by atoms with Crippen LogP contribution in [-0.4, -0.2) is 35.6 Å². The number of benzene rings is 1. The third-order valence-electron chi connectivity index (χ3n) is 4.80. The number of rotatable bonds is 3. The number of fused-ring (bicyclic) bond motifs is 1. The molecule has 8 heteroatoms. The quantitative estimate of drug-likeness (QED) is 0.906. The second-order valence-electron chi connectivity index (χ2n) is 6.59. The van der Waals surface area contributed by atoms with E-state index in [0.717, 1.165) is 30.5 Å². The second-order valence-corrected chi connectivity index (χ2v) is 8.82. The Morgan fingerprint density at radius 3 is 2.68 bits per heavy atom. The minimum Gasteiger partial charge on any atom is -0.321 e. The van der Waals surface area contributed by atoms with Gasteiger partial charge >= 0.3 is 0 Å². The van der Waals surface area contributed by atoms with E-state index in [0.29, 0.717) is 17.8 Å². The van der Waals surface area contributed by atoms with Gasteiger partial charge in [0.25, 0.3) is 5.91 Å². The summed E-state index contributed by atoms with van der Waals surface area (Å²) in [7, 11) is -3.08. The van der Waals surface area contributed by atoms with E-state index in [-0.39, 0.29) is 29.3 Å². The number of halogens is 1. The highest BCUT2D eigenvalue weighted by Gasteiger charge is 2.35. The summed E-state index contributed by atoms with van der Waals surface area (Å²) < 4.78 is 38.3. The van der Waals surface area contributed by atoms with Gasteiger partial charge < -0.3 is 5.32 Å². The Hall–Kier alpha value is -2.22. The molecule has 25 heavy (non-hydrogen) atoms. The van der Waals surface area contributed by atoms with Crippen molar-refractivity contribution in [2.45, 2.75) is 31.7 Å². The van der Waals surface area contributed by atoms with Crippen molar-refractivity contribution in [3.05, 3.63) is 47.0 Å². The van der Waals surface area contributed by atoms with E-state index in [2.05, 4.69) is 10.4 Å². The molecule has 2 aromatic rings. The zero-order valence-corrected chi connectivity index (χ0v) is 14.4. The number of sulfone groups is 1. The highest BCUT2D eigenvalue weighted by atomic mass is 32.2. The van der Waals surface area contributed by atoms with Crippen LogP contribution in [0.3, 0.4) is 0 Å². The molecule has 1 aliphatic carbocycles. The van der Waals surface area contributed by atoms with Crippen LogP contribution in [-0.2, 0) is 22.7 Å². The van der Waals surface area contributed by atoms with Crippen LogP contribution in [0.1, 0.15) is 40.6 Å². The highest BCUT2D eigenvalue weighted by Crippen LogP contribution is 2.31. The van der Waals surface area contributed by atoms with Crippen molar-refractivity contribution >= 4 is 21.4 Å². The van der Waals surface area contributed by atoms with Crippen LogP contribution in [0.15, 0.2) is 24.3 Å². The third-order valence-corrected chi connectivity index (χ3v) is 6.55. The molecule has 0 unspecified atom stereocenters. The lowest BCUT2D eigenvalue weighted by atomic mass is 10.1. The number of aryl methyl sites for hydroxylation is 1. The number of carbonyl (C=O) groups is 1. The first-order chi connectivity index (χ1) is 11.9. The lowest BCUT2D eigenvalue weighted by Crippen LogP contribution is -2.23. The van der Waals surface area contributed by atoms with Crippen molar-refractivity contribution in [3.8, 4) is 0 Å². The van der Waals surface area contributed by atoms with Crippen LogP contribution in [0, 0.1) is 5.82 Å². The van der Waals surface area contributed by atoms with E-state index in [1.54, 1.807) is 4.68 Å². The van der Waals surface area contributed by atoms with Crippen molar-refractivity contribution in [1.82, 2.24) is 9.78 Å². The lowest BCUT2D eigenvalue weighted by Gasteiger charge is -2.14. The first kappa shape index (κ1) is 16.3. The summed E-state index contributed by atoms with van der Waals surface area (Å²) in [5.74, 6) is -0.558. The monoisotopic (exact) mass is 363 g/mol. The molecule has 1 amide bonds. The number of carbonyl (C=O) groups excluding carboxylic acids is 1. The molecular weight excluding hydrogens is 345 g/mol. The van der Waals surface area contributed by atoms with Gasteiger partial charge in [0.15, 0.2) is 9.84 Å². The zero-order chi connectivity index (χ0) is 17.6. The third kappa shape index (κ3) is 3.06. The van der Waals surface area contributed by atoms with E-state index in [4.69, 9.17) is 0 Å². The van der Waals surface area contributed by atoms with Crippen LogP contribution in [0.4, 0.5) is 10.1 Å². The number of amides is 1. The molecule has 6 nitrogen and oxygen atoms in total. The van der Waals surface area contributed by atoms with Crippen LogP contribution in [0.5, 0.6) is 0 Å². The molecule has 1 atom stereocenters. The van der Waals surface area contributed by atoms with Gasteiger partial charge in [0.1, 0.15) is 11.5 Å². The lowest BCUT2D eigenvalue weighted by molar-refractivity contribution is 0.101. The van der Waals surface area contributed by atoms with Crippen LogP contribution >= 0.6 is 0 Å². The molecule has 1 saturated heterocycles. The van der Waals surface area contributed by atoms with Crippen molar-refractivity contribution in [1.29, 1.82) is 0 Å². The summed E-state index contributed by atoms with van der Waals surface area (Å²) in [4.78, 5) is 12.8. The number of anilines is 1. The summed E-state index contributed by atoms with van der Waals surface area (Å²) in [6, 6.07) is 5.24. The maximum absolute atomic E-state index is 13.0. The Balaban J connectivity index is 1.68. The fraction of sp³-hybridized carbons (Fsp3) is 0.412. The standard InChI is InChI=1S/C17H18FN3O3S/c18-11-4-6-12(7-5-11)19-17(22)16-14-2-1-3-15(14)20-21(16)13-8-9-25(23,24)10-13/h4-7,13H,1-3,8-10H2,(H,19,22)/t13-/m0/s1. The Bertz CT molecular complexity index is 935. The molecular formula is C17H18FN3O3S. The van der Waals surface area contributed by atoms with Gasteiger partial charge in [-0.3, -0.25) is 9.48 Å².